The van der Waals surface area contributed by atoms with E-state index in [0.717, 1.165) is 22.0 Å². The van der Waals surface area contributed by atoms with Crippen molar-refractivity contribution in [3.63, 3.8) is 0 Å². The Hall–Kier alpha value is -4.58. The Kier molecular flexibility index (Phi) is 9.66. The summed E-state index contributed by atoms with van der Waals surface area (Å²) in [5, 5.41) is 35.2. The van der Waals surface area contributed by atoms with Gasteiger partial charge < -0.3 is 42.6 Å². The van der Waals surface area contributed by atoms with Crippen molar-refractivity contribution in [1.29, 1.82) is 5.41 Å². The summed E-state index contributed by atoms with van der Waals surface area (Å²) in [5.74, 6) is -2.60. The molecule has 0 radical (unpaired) electrons. The highest BCUT2D eigenvalue weighted by atomic mass is 16.4. The van der Waals surface area contributed by atoms with Gasteiger partial charge in [0.25, 0.3) is 0 Å². The molecule has 1 heterocycles. The highest BCUT2D eigenvalue weighted by molar-refractivity contribution is 5.92. The molecule has 0 aliphatic carbocycles. The predicted octanol–water partition coefficient (Wildman–Crippen LogP) is 0.303. The maximum atomic E-state index is 13.2. The van der Waals surface area contributed by atoms with E-state index >= 15 is 0 Å². The number of aliphatic carboxylic acids is 1. The molecule has 0 saturated carbocycles. The number of amides is 2. The van der Waals surface area contributed by atoms with Gasteiger partial charge >= 0.3 is 5.97 Å². The summed E-state index contributed by atoms with van der Waals surface area (Å²) >= 11 is 0. The number of hydrogen-bond donors (Lipinski definition) is 9. The largest absolute Gasteiger partial charge is 0.508 e. The Morgan fingerprint density at radius 2 is 1.66 bits per heavy atom. The summed E-state index contributed by atoms with van der Waals surface area (Å²) < 4.78 is 0. The SMILES string of the molecule is N=C(N)NCCC[C@H](NC(=O)[C@@H](N)Cc1ccc(O)cc1)C(=O)N[C@@H](Cc1c[nH]c2ccccc12)C(=O)O. The van der Waals surface area contributed by atoms with E-state index in [4.69, 9.17) is 16.9 Å². The molecule has 0 aliphatic heterocycles. The Morgan fingerprint density at radius 3 is 2.34 bits per heavy atom. The standard InChI is InChI=1S/C26H33N7O5/c27-19(12-15-7-9-17(34)10-8-15)23(35)32-21(6-3-11-30-26(28)29)24(36)33-22(25(37)38)13-16-14-31-20-5-2-1-4-18(16)20/h1-2,4-5,7-10,14,19,21-22,31,34H,3,6,11-13,27H2,(H,32,35)(H,33,36)(H,37,38)(H4,28,29,30)/t19-,21-,22-/m0/s1. The number of hydrogen-bond acceptors (Lipinski definition) is 6. The number of carboxylic acids is 1. The van der Waals surface area contributed by atoms with Gasteiger partial charge in [0, 0.05) is 30.1 Å². The number of rotatable bonds is 13. The third kappa shape index (κ3) is 7.96. The first-order valence-corrected chi connectivity index (χ1v) is 12.1. The number of carbonyl (C=O) groups excluding carboxylic acids is 2. The van der Waals surface area contributed by atoms with Crippen molar-refractivity contribution >= 4 is 34.6 Å². The van der Waals surface area contributed by atoms with Crippen molar-refractivity contribution in [1.82, 2.24) is 20.9 Å². The third-order valence-corrected chi connectivity index (χ3v) is 6.06. The van der Waals surface area contributed by atoms with E-state index < -0.39 is 35.9 Å². The minimum absolute atomic E-state index is 0.0397. The van der Waals surface area contributed by atoms with Crippen LogP contribution < -0.4 is 27.4 Å². The number of para-hydroxylation sites is 1. The molecule has 0 unspecified atom stereocenters. The molecule has 202 valence electrons. The Labute approximate surface area is 219 Å². The molecule has 2 amide bonds. The second-order valence-electron chi connectivity index (χ2n) is 8.98. The van der Waals surface area contributed by atoms with E-state index in [1.54, 1.807) is 18.3 Å². The maximum absolute atomic E-state index is 13.2. The van der Waals surface area contributed by atoms with Gasteiger partial charge in [-0.3, -0.25) is 15.0 Å². The van der Waals surface area contributed by atoms with E-state index in [1.807, 2.05) is 24.3 Å². The van der Waals surface area contributed by atoms with Crippen LogP contribution in [-0.2, 0) is 27.2 Å². The van der Waals surface area contributed by atoms with Crippen molar-refractivity contribution in [3.8, 4) is 5.75 Å². The highest BCUT2D eigenvalue weighted by Crippen LogP contribution is 2.19. The predicted molar refractivity (Wildman–Crippen MR) is 142 cm³/mol. The number of nitrogens with two attached hydrogens (primary N) is 2. The van der Waals surface area contributed by atoms with E-state index in [0.29, 0.717) is 6.42 Å². The molecule has 0 spiro atoms. The van der Waals surface area contributed by atoms with Crippen molar-refractivity contribution in [2.45, 2.75) is 43.8 Å². The number of benzene rings is 2. The van der Waals surface area contributed by atoms with Gasteiger partial charge in [-0.1, -0.05) is 30.3 Å². The summed E-state index contributed by atoms with van der Waals surface area (Å²) in [6.07, 6.45) is 2.44. The topological polar surface area (TPSA) is 219 Å². The first-order chi connectivity index (χ1) is 18.1. The summed E-state index contributed by atoms with van der Waals surface area (Å²) in [5.41, 5.74) is 13.7. The van der Waals surface area contributed by atoms with Crippen molar-refractivity contribution in [2.24, 2.45) is 11.5 Å². The fourth-order valence-electron chi connectivity index (χ4n) is 4.05. The van der Waals surface area contributed by atoms with Gasteiger partial charge in [-0.25, -0.2) is 4.79 Å². The minimum atomic E-state index is -1.23. The first kappa shape index (κ1) is 28.0. The van der Waals surface area contributed by atoms with Gasteiger partial charge in [0.15, 0.2) is 5.96 Å². The molecule has 3 aromatic rings. The van der Waals surface area contributed by atoms with E-state index in [9.17, 15) is 24.6 Å². The van der Waals surface area contributed by atoms with Crippen molar-refractivity contribution in [2.75, 3.05) is 6.54 Å². The molecule has 3 rings (SSSR count). The van der Waals surface area contributed by atoms with Crippen LogP contribution in [0.1, 0.15) is 24.0 Å². The number of H-pyrrole nitrogens is 1. The zero-order valence-corrected chi connectivity index (χ0v) is 20.7. The molecule has 12 nitrogen and oxygen atoms in total. The lowest BCUT2D eigenvalue weighted by molar-refractivity contribution is -0.142. The number of guanidine groups is 1. The number of fused-ring (bicyclic) bond motifs is 1. The number of nitrogens with one attached hydrogen (secondary N) is 5. The van der Waals surface area contributed by atoms with Crippen LogP contribution in [0.3, 0.4) is 0 Å². The van der Waals surface area contributed by atoms with Crippen LogP contribution >= 0.6 is 0 Å². The van der Waals surface area contributed by atoms with Crippen LogP contribution in [0.5, 0.6) is 5.75 Å². The van der Waals surface area contributed by atoms with Gasteiger partial charge in [0.1, 0.15) is 17.8 Å². The molecule has 12 heteroatoms. The van der Waals surface area contributed by atoms with Gasteiger partial charge in [-0.2, -0.15) is 0 Å². The van der Waals surface area contributed by atoms with Crippen LogP contribution in [0.2, 0.25) is 0 Å². The van der Waals surface area contributed by atoms with E-state index in [1.165, 1.54) is 12.1 Å². The zero-order chi connectivity index (χ0) is 27.7. The van der Waals surface area contributed by atoms with Crippen LogP contribution in [0.25, 0.3) is 10.9 Å². The molecule has 11 N–H and O–H groups in total. The van der Waals surface area contributed by atoms with Gasteiger partial charge in [-0.05, 0) is 48.6 Å². The lowest BCUT2D eigenvalue weighted by Gasteiger charge is -2.23. The molecular weight excluding hydrogens is 490 g/mol. The van der Waals surface area contributed by atoms with Gasteiger partial charge in [-0.15, -0.1) is 0 Å². The molecule has 2 aromatic carbocycles. The highest BCUT2D eigenvalue weighted by Gasteiger charge is 2.28. The van der Waals surface area contributed by atoms with Gasteiger partial charge in [0.2, 0.25) is 11.8 Å². The molecule has 0 aliphatic rings. The van der Waals surface area contributed by atoms with Crippen LogP contribution in [-0.4, -0.2) is 63.6 Å². The zero-order valence-electron chi connectivity index (χ0n) is 20.7. The van der Waals surface area contributed by atoms with Crippen LogP contribution in [0.15, 0.2) is 54.7 Å². The van der Waals surface area contributed by atoms with E-state index in [2.05, 4.69) is 20.9 Å². The van der Waals surface area contributed by atoms with Crippen molar-refractivity contribution in [3.05, 3.63) is 65.9 Å². The maximum Gasteiger partial charge on any atom is 0.326 e. The average molecular weight is 524 g/mol. The normalized spacial score (nSPS) is 13.3. The molecule has 38 heavy (non-hydrogen) atoms. The quantitative estimate of drug-likeness (QED) is 0.0859. The molecule has 0 saturated heterocycles. The van der Waals surface area contributed by atoms with Gasteiger partial charge in [0.05, 0.1) is 6.04 Å². The number of phenols is 1. The Morgan fingerprint density at radius 1 is 0.974 bits per heavy atom. The molecule has 0 bridgehead atoms. The summed E-state index contributed by atoms with van der Waals surface area (Å²) in [4.78, 5) is 41.1. The fourth-order valence-corrected chi connectivity index (χ4v) is 4.05. The Balaban J connectivity index is 1.69. The number of carboxylic acid groups (broad SMARTS) is 1. The third-order valence-electron chi connectivity index (χ3n) is 6.06. The number of aromatic hydroxyl groups is 1. The lowest BCUT2D eigenvalue weighted by atomic mass is 10.0. The summed E-state index contributed by atoms with van der Waals surface area (Å²) in [6, 6.07) is 10.4. The number of phenolic OH excluding ortho intramolecular Hbond substituents is 1. The second-order valence-corrected chi connectivity index (χ2v) is 8.98. The van der Waals surface area contributed by atoms with Crippen molar-refractivity contribution < 1.29 is 24.6 Å². The number of aromatic nitrogens is 1. The smallest absolute Gasteiger partial charge is 0.326 e. The number of carbonyl (C=O) groups is 3. The Bertz CT molecular complexity index is 1270. The lowest BCUT2D eigenvalue weighted by Crippen LogP contribution is -2.55. The monoisotopic (exact) mass is 523 g/mol. The molecule has 3 atom stereocenters. The number of aromatic amines is 1. The first-order valence-electron chi connectivity index (χ1n) is 12.1. The average Bonchev–Trinajstić information content (AvgIpc) is 3.29. The van der Waals surface area contributed by atoms with E-state index in [-0.39, 0.29) is 37.5 Å². The molecule has 0 fully saturated rings. The molecular formula is C26H33N7O5. The van der Waals surface area contributed by atoms with Crippen LogP contribution in [0.4, 0.5) is 0 Å². The summed E-state index contributed by atoms with van der Waals surface area (Å²) in [7, 11) is 0. The summed E-state index contributed by atoms with van der Waals surface area (Å²) in [6.45, 7) is 0.284. The minimum Gasteiger partial charge on any atom is -0.508 e. The van der Waals surface area contributed by atoms with Crippen LogP contribution in [0, 0.1) is 5.41 Å². The fraction of sp³-hybridized carbons (Fsp3) is 0.308. The second kappa shape index (κ2) is 13.1. The molecule has 1 aromatic heterocycles.